The molecule has 20 heavy (non-hydrogen) atoms. The van der Waals surface area contributed by atoms with Crippen molar-refractivity contribution < 1.29 is 27.5 Å². The van der Waals surface area contributed by atoms with Crippen molar-refractivity contribution in [1.82, 2.24) is 10.0 Å². The maximum Gasteiger partial charge on any atom is 0.329 e. The third-order valence-corrected chi connectivity index (χ3v) is 4.45. The fourth-order valence-corrected chi connectivity index (χ4v) is 2.42. The van der Waals surface area contributed by atoms with E-state index in [0.29, 0.717) is 12.8 Å². The Morgan fingerprint density at radius 1 is 1.40 bits per heavy atom. The standard InChI is InChI=1S/C11H14N2O6S/c1-6-7(5-8(19-6)20(17,18)12-2)9(14)13-11(3-4-11)10(15)16/h5,12H,3-4H2,1-2H3,(H,13,14)(H,15,16). The number of carbonyl (C=O) groups is 2. The van der Waals surface area contributed by atoms with Crippen LogP contribution in [-0.2, 0) is 14.8 Å². The van der Waals surface area contributed by atoms with E-state index in [1.165, 1.54) is 14.0 Å². The Hall–Kier alpha value is -1.87. The van der Waals surface area contributed by atoms with Crippen molar-refractivity contribution in [3.63, 3.8) is 0 Å². The molecule has 0 radical (unpaired) electrons. The van der Waals surface area contributed by atoms with Crippen LogP contribution in [0.5, 0.6) is 0 Å². The van der Waals surface area contributed by atoms with E-state index < -0.39 is 27.4 Å². The second kappa shape index (κ2) is 4.60. The molecule has 0 atom stereocenters. The van der Waals surface area contributed by atoms with E-state index in [9.17, 15) is 18.0 Å². The molecule has 0 bridgehead atoms. The normalized spacial score (nSPS) is 16.7. The minimum Gasteiger partial charge on any atom is -0.480 e. The lowest BCUT2D eigenvalue weighted by Crippen LogP contribution is -2.43. The predicted octanol–water partition coefficient (Wildman–Crippen LogP) is -0.157. The lowest BCUT2D eigenvalue weighted by Gasteiger charge is -2.11. The smallest absolute Gasteiger partial charge is 0.329 e. The highest BCUT2D eigenvalue weighted by Gasteiger charge is 2.52. The monoisotopic (exact) mass is 302 g/mol. The number of hydrogen-bond donors (Lipinski definition) is 3. The Balaban J connectivity index is 2.26. The van der Waals surface area contributed by atoms with Gasteiger partial charge in [0.1, 0.15) is 11.3 Å². The van der Waals surface area contributed by atoms with E-state index in [0.717, 1.165) is 6.07 Å². The second-order valence-electron chi connectivity index (χ2n) is 4.58. The summed E-state index contributed by atoms with van der Waals surface area (Å²) < 4.78 is 30.2. The molecule has 1 aliphatic rings. The SMILES string of the molecule is CNS(=O)(=O)c1cc(C(=O)NC2(C(=O)O)CC2)c(C)o1. The first-order valence-corrected chi connectivity index (χ1v) is 7.30. The Morgan fingerprint density at radius 2 is 2.00 bits per heavy atom. The van der Waals surface area contributed by atoms with Crippen LogP contribution in [-0.4, -0.2) is 38.0 Å². The van der Waals surface area contributed by atoms with Crippen molar-refractivity contribution in [3.05, 3.63) is 17.4 Å². The number of furan rings is 1. The van der Waals surface area contributed by atoms with Gasteiger partial charge in [-0.15, -0.1) is 0 Å². The van der Waals surface area contributed by atoms with Crippen molar-refractivity contribution in [3.8, 4) is 0 Å². The highest BCUT2D eigenvalue weighted by molar-refractivity contribution is 7.89. The van der Waals surface area contributed by atoms with Crippen LogP contribution in [0.4, 0.5) is 0 Å². The van der Waals surface area contributed by atoms with Crippen molar-refractivity contribution in [1.29, 1.82) is 0 Å². The molecule has 1 aromatic heterocycles. The number of aliphatic carboxylic acids is 1. The van der Waals surface area contributed by atoms with Gasteiger partial charge in [-0.25, -0.2) is 17.9 Å². The van der Waals surface area contributed by atoms with Crippen molar-refractivity contribution in [2.45, 2.75) is 30.4 Å². The highest BCUT2D eigenvalue weighted by atomic mass is 32.2. The third kappa shape index (κ3) is 2.41. The summed E-state index contributed by atoms with van der Waals surface area (Å²) >= 11 is 0. The van der Waals surface area contributed by atoms with Crippen LogP contribution in [0.3, 0.4) is 0 Å². The maximum atomic E-state index is 12.0. The number of hydrogen-bond acceptors (Lipinski definition) is 5. The molecule has 8 nitrogen and oxygen atoms in total. The Kier molecular flexibility index (Phi) is 3.34. The molecule has 0 unspecified atom stereocenters. The minimum atomic E-state index is -3.79. The van der Waals surface area contributed by atoms with Crippen LogP contribution in [0.2, 0.25) is 0 Å². The van der Waals surface area contributed by atoms with Crippen LogP contribution < -0.4 is 10.0 Å². The van der Waals surface area contributed by atoms with Crippen molar-refractivity contribution >= 4 is 21.9 Å². The van der Waals surface area contributed by atoms with Gasteiger partial charge in [0.2, 0.25) is 5.09 Å². The summed E-state index contributed by atoms with van der Waals surface area (Å²) in [4.78, 5) is 23.0. The van der Waals surface area contributed by atoms with Crippen LogP contribution in [0, 0.1) is 6.92 Å². The van der Waals surface area contributed by atoms with Gasteiger partial charge in [0.05, 0.1) is 5.56 Å². The molecule has 1 aliphatic carbocycles. The Labute approximate surface area is 115 Å². The average Bonchev–Trinajstić information content (AvgIpc) is 3.04. The highest BCUT2D eigenvalue weighted by Crippen LogP contribution is 2.36. The molecule has 0 aromatic carbocycles. The number of carboxylic acids is 1. The molecule has 3 N–H and O–H groups in total. The van der Waals surface area contributed by atoms with Gasteiger partial charge in [-0.3, -0.25) is 4.79 Å². The molecule has 1 amide bonds. The molecule has 1 fully saturated rings. The number of amides is 1. The molecule has 0 saturated heterocycles. The van der Waals surface area contributed by atoms with E-state index in [1.807, 2.05) is 0 Å². The zero-order valence-corrected chi connectivity index (χ0v) is 11.7. The van der Waals surface area contributed by atoms with Gasteiger partial charge in [-0.1, -0.05) is 0 Å². The Bertz CT molecular complexity index is 671. The summed E-state index contributed by atoms with van der Waals surface area (Å²) in [7, 11) is -2.57. The van der Waals surface area contributed by atoms with Gasteiger partial charge in [0.15, 0.2) is 0 Å². The maximum absolute atomic E-state index is 12.0. The second-order valence-corrected chi connectivity index (χ2v) is 6.40. The summed E-state index contributed by atoms with van der Waals surface area (Å²) in [6.07, 6.45) is 0.708. The summed E-state index contributed by atoms with van der Waals surface area (Å²) in [5, 5.41) is 11.0. The Morgan fingerprint density at radius 3 is 2.45 bits per heavy atom. The van der Waals surface area contributed by atoms with E-state index >= 15 is 0 Å². The van der Waals surface area contributed by atoms with E-state index in [2.05, 4.69) is 10.0 Å². The fraction of sp³-hybridized carbons (Fsp3) is 0.455. The van der Waals surface area contributed by atoms with Crippen LogP contribution in [0.15, 0.2) is 15.6 Å². The number of sulfonamides is 1. The largest absolute Gasteiger partial charge is 0.480 e. The zero-order chi connectivity index (χ0) is 15.1. The van der Waals surface area contributed by atoms with Gasteiger partial charge in [-0.2, -0.15) is 0 Å². The van der Waals surface area contributed by atoms with Crippen LogP contribution >= 0.6 is 0 Å². The topological polar surface area (TPSA) is 126 Å². The number of nitrogens with one attached hydrogen (secondary N) is 2. The summed E-state index contributed by atoms with van der Waals surface area (Å²) in [5.41, 5.74) is -1.23. The molecule has 0 aliphatic heterocycles. The molecule has 110 valence electrons. The van der Waals surface area contributed by atoms with E-state index in [4.69, 9.17) is 9.52 Å². The van der Waals surface area contributed by atoms with Crippen molar-refractivity contribution in [2.75, 3.05) is 7.05 Å². The first-order valence-electron chi connectivity index (χ1n) is 5.82. The summed E-state index contributed by atoms with van der Waals surface area (Å²) in [5.74, 6) is -1.66. The van der Waals surface area contributed by atoms with Gasteiger partial charge in [0.25, 0.3) is 15.9 Å². The van der Waals surface area contributed by atoms with Crippen LogP contribution in [0.1, 0.15) is 29.0 Å². The van der Waals surface area contributed by atoms with Crippen LogP contribution in [0.25, 0.3) is 0 Å². The molecule has 1 aromatic rings. The third-order valence-electron chi connectivity index (χ3n) is 3.19. The fourth-order valence-electron chi connectivity index (χ4n) is 1.72. The lowest BCUT2D eigenvalue weighted by atomic mass is 10.2. The molecule has 9 heteroatoms. The lowest BCUT2D eigenvalue weighted by molar-refractivity contribution is -0.140. The molecular formula is C11H14N2O6S. The average molecular weight is 302 g/mol. The van der Waals surface area contributed by atoms with Gasteiger partial charge in [0, 0.05) is 6.07 Å². The quantitative estimate of drug-likeness (QED) is 0.694. The predicted molar refractivity (Wildman–Crippen MR) is 66.8 cm³/mol. The van der Waals surface area contributed by atoms with Gasteiger partial charge >= 0.3 is 5.97 Å². The number of rotatable bonds is 5. The minimum absolute atomic E-state index is 0.00588. The number of carbonyl (C=O) groups excluding carboxylic acids is 1. The zero-order valence-electron chi connectivity index (χ0n) is 10.9. The summed E-state index contributed by atoms with van der Waals surface area (Å²) in [6, 6.07) is 1.08. The molecule has 1 saturated carbocycles. The van der Waals surface area contributed by atoms with E-state index in [-0.39, 0.29) is 16.4 Å². The molecular weight excluding hydrogens is 288 g/mol. The van der Waals surface area contributed by atoms with Crippen molar-refractivity contribution in [2.24, 2.45) is 0 Å². The number of carboxylic acid groups (broad SMARTS) is 1. The molecule has 0 spiro atoms. The first kappa shape index (κ1) is 14.5. The van der Waals surface area contributed by atoms with E-state index in [1.54, 1.807) is 0 Å². The number of aryl methyl sites for hydroxylation is 1. The first-order chi connectivity index (χ1) is 9.22. The molecule has 2 rings (SSSR count). The molecule has 1 heterocycles. The summed E-state index contributed by atoms with van der Waals surface area (Å²) in [6.45, 7) is 1.43. The van der Waals surface area contributed by atoms with Gasteiger partial charge < -0.3 is 14.8 Å². The van der Waals surface area contributed by atoms with Gasteiger partial charge in [-0.05, 0) is 26.8 Å².